The Hall–Kier alpha value is -0.770. The molecule has 0 unspecified atom stereocenters. The van der Waals surface area contributed by atoms with Gasteiger partial charge in [0.15, 0.2) is 0 Å². The van der Waals surface area contributed by atoms with E-state index in [4.69, 9.17) is 21.8 Å². The van der Waals surface area contributed by atoms with Crippen LogP contribution in [-0.4, -0.2) is 30.0 Å². The lowest BCUT2D eigenvalue weighted by molar-refractivity contribution is 0.0806. The van der Waals surface area contributed by atoms with Gasteiger partial charge in [0.2, 0.25) is 0 Å². The maximum Gasteiger partial charge on any atom is 0.0637 e. The number of aliphatic hydroxyl groups excluding tert-OH is 2. The Bertz CT molecular complexity index is 351. The smallest absolute Gasteiger partial charge is 0.0637 e. The highest BCUT2D eigenvalue weighted by Crippen LogP contribution is 2.24. The van der Waals surface area contributed by atoms with Crippen LogP contribution < -0.4 is 5.32 Å². The maximum atomic E-state index is 9.15. The number of rotatable bonds is 5. The Labute approximate surface area is 101 Å². The summed E-state index contributed by atoms with van der Waals surface area (Å²) in [5.41, 5.74) is 1.41. The average Bonchev–Trinajstić information content (AvgIpc) is 2.30. The van der Waals surface area contributed by atoms with Gasteiger partial charge in [-0.25, -0.2) is 0 Å². The maximum absolute atomic E-state index is 9.15. The zero-order valence-electron chi connectivity index (χ0n) is 9.63. The van der Waals surface area contributed by atoms with Gasteiger partial charge in [0, 0.05) is 12.0 Å². The fourth-order valence-electron chi connectivity index (χ4n) is 1.25. The van der Waals surface area contributed by atoms with Gasteiger partial charge in [-0.05, 0) is 24.6 Å². The third kappa shape index (κ3) is 3.37. The number of aryl methyl sites for hydroxylation is 1. The zero-order valence-corrected chi connectivity index (χ0v) is 10.4. The van der Waals surface area contributed by atoms with Gasteiger partial charge < -0.3 is 15.5 Å². The number of nitrogens with one attached hydrogen (secondary N) is 1. The Morgan fingerprint density at radius 3 is 2.50 bits per heavy atom. The van der Waals surface area contributed by atoms with Crippen molar-refractivity contribution in [3.63, 3.8) is 0 Å². The molecule has 0 saturated heterocycles. The molecule has 16 heavy (non-hydrogen) atoms. The van der Waals surface area contributed by atoms with Crippen LogP contribution in [-0.2, 0) is 0 Å². The fraction of sp³-hybridized carbons (Fsp3) is 0.500. The molecule has 0 aliphatic carbocycles. The van der Waals surface area contributed by atoms with Crippen molar-refractivity contribution in [1.29, 1.82) is 0 Å². The van der Waals surface area contributed by atoms with E-state index in [1.54, 1.807) is 0 Å². The molecule has 0 aliphatic rings. The van der Waals surface area contributed by atoms with Crippen molar-refractivity contribution < 1.29 is 10.2 Å². The van der Waals surface area contributed by atoms with Gasteiger partial charge >= 0.3 is 0 Å². The van der Waals surface area contributed by atoms with Crippen LogP contribution >= 0.6 is 11.6 Å². The van der Waals surface area contributed by atoms with Crippen LogP contribution in [0.25, 0.3) is 0 Å². The molecule has 0 amide bonds. The molecule has 0 fully saturated rings. The molecule has 0 spiro atoms. The van der Waals surface area contributed by atoms with E-state index in [1.807, 2.05) is 32.0 Å². The summed E-state index contributed by atoms with van der Waals surface area (Å²) in [5.74, 6) is 0. The van der Waals surface area contributed by atoms with Crippen LogP contribution in [0, 0.1) is 12.3 Å². The normalized spacial score (nSPS) is 11.6. The summed E-state index contributed by atoms with van der Waals surface area (Å²) >= 11 is 6.02. The largest absolute Gasteiger partial charge is 0.396 e. The number of anilines is 1. The second kappa shape index (κ2) is 5.53. The third-order valence-electron chi connectivity index (χ3n) is 2.59. The molecule has 0 aromatic heterocycles. The quantitative estimate of drug-likeness (QED) is 0.742. The summed E-state index contributed by atoms with van der Waals surface area (Å²) in [4.78, 5) is 0. The van der Waals surface area contributed by atoms with Crippen LogP contribution in [0.4, 0.5) is 5.69 Å². The molecule has 0 saturated carbocycles. The minimum atomic E-state index is -0.535. The predicted molar refractivity (Wildman–Crippen MR) is 67.0 cm³/mol. The number of hydrogen-bond donors (Lipinski definition) is 3. The van der Waals surface area contributed by atoms with Crippen LogP contribution in [0.5, 0.6) is 0 Å². The lowest BCUT2D eigenvalue weighted by Gasteiger charge is -2.25. The topological polar surface area (TPSA) is 52.5 Å². The van der Waals surface area contributed by atoms with E-state index in [1.165, 1.54) is 0 Å². The summed E-state index contributed by atoms with van der Waals surface area (Å²) in [6.45, 7) is 4.13. The molecule has 0 bridgehead atoms. The van der Waals surface area contributed by atoms with Crippen molar-refractivity contribution in [2.45, 2.75) is 13.8 Å². The lowest BCUT2D eigenvalue weighted by atomic mass is 9.93. The van der Waals surface area contributed by atoms with Gasteiger partial charge in [0.1, 0.15) is 0 Å². The molecule has 3 nitrogen and oxygen atoms in total. The van der Waals surface area contributed by atoms with Gasteiger partial charge in [-0.15, -0.1) is 0 Å². The molecular formula is C12H18ClNO2. The van der Waals surface area contributed by atoms with E-state index in [-0.39, 0.29) is 13.2 Å². The molecular weight excluding hydrogens is 226 g/mol. The zero-order chi connectivity index (χ0) is 12.2. The highest BCUT2D eigenvalue weighted by molar-refractivity contribution is 6.33. The lowest BCUT2D eigenvalue weighted by Crippen LogP contribution is -2.34. The fourth-order valence-corrected chi connectivity index (χ4v) is 1.43. The number of aliphatic hydroxyl groups is 2. The van der Waals surface area contributed by atoms with Crippen LogP contribution in [0.1, 0.15) is 12.5 Å². The molecule has 0 aliphatic heterocycles. The van der Waals surface area contributed by atoms with Gasteiger partial charge in [0.25, 0.3) is 0 Å². The Balaban J connectivity index is 2.70. The molecule has 0 radical (unpaired) electrons. The average molecular weight is 244 g/mol. The highest BCUT2D eigenvalue weighted by atomic mass is 35.5. The van der Waals surface area contributed by atoms with Crippen molar-refractivity contribution >= 4 is 17.3 Å². The van der Waals surface area contributed by atoms with Crippen LogP contribution in [0.3, 0.4) is 0 Å². The minimum absolute atomic E-state index is 0.0695. The van der Waals surface area contributed by atoms with Gasteiger partial charge in [-0.1, -0.05) is 24.6 Å². The minimum Gasteiger partial charge on any atom is -0.396 e. The van der Waals surface area contributed by atoms with Crippen molar-refractivity contribution in [3.8, 4) is 0 Å². The molecule has 1 aromatic rings. The summed E-state index contributed by atoms with van der Waals surface area (Å²) in [6.07, 6.45) is 0. The van der Waals surface area contributed by atoms with Crippen LogP contribution in [0.2, 0.25) is 5.02 Å². The van der Waals surface area contributed by atoms with Gasteiger partial charge in [-0.3, -0.25) is 0 Å². The van der Waals surface area contributed by atoms with Crippen molar-refractivity contribution in [2.75, 3.05) is 25.1 Å². The van der Waals surface area contributed by atoms with E-state index < -0.39 is 5.41 Å². The molecule has 90 valence electrons. The summed E-state index contributed by atoms with van der Waals surface area (Å²) in [6, 6.07) is 5.71. The van der Waals surface area contributed by atoms with E-state index in [2.05, 4.69) is 5.32 Å². The molecule has 1 rings (SSSR count). The first-order valence-corrected chi connectivity index (χ1v) is 5.60. The third-order valence-corrected chi connectivity index (χ3v) is 2.92. The number of benzene rings is 1. The molecule has 1 aromatic carbocycles. The summed E-state index contributed by atoms with van der Waals surface area (Å²) in [5, 5.41) is 22.1. The second-order valence-corrected chi connectivity index (χ2v) is 4.87. The molecule has 0 heterocycles. The van der Waals surface area contributed by atoms with E-state index >= 15 is 0 Å². The Morgan fingerprint density at radius 2 is 1.94 bits per heavy atom. The first kappa shape index (κ1) is 13.3. The highest BCUT2D eigenvalue weighted by Gasteiger charge is 2.22. The van der Waals surface area contributed by atoms with Gasteiger partial charge in [0.05, 0.1) is 23.9 Å². The first-order chi connectivity index (χ1) is 7.50. The summed E-state index contributed by atoms with van der Waals surface area (Å²) in [7, 11) is 0. The summed E-state index contributed by atoms with van der Waals surface area (Å²) < 4.78 is 0. The number of hydrogen-bond acceptors (Lipinski definition) is 3. The number of halogens is 1. The standard InChI is InChI=1S/C12H18ClNO2/c1-9-3-4-10(13)11(5-9)14-6-12(2,7-15)8-16/h3-5,14-16H,6-8H2,1-2H3. The molecule has 0 atom stereocenters. The predicted octanol–water partition coefficient (Wildman–Crippen LogP) is 2.05. The van der Waals surface area contributed by atoms with Gasteiger partial charge in [-0.2, -0.15) is 0 Å². The molecule has 3 N–H and O–H groups in total. The van der Waals surface area contributed by atoms with Crippen molar-refractivity contribution in [3.05, 3.63) is 28.8 Å². The Morgan fingerprint density at radius 1 is 1.31 bits per heavy atom. The van der Waals surface area contributed by atoms with E-state index in [0.717, 1.165) is 11.3 Å². The first-order valence-electron chi connectivity index (χ1n) is 5.22. The van der Waals surface area contributed by atoms with E-state index in [0.29, 0.717) is 11.6 Å². The Kier molecular flexibility index (Phi) is 4.59. The van der Waals surface area contributed by atoms with E-state index in [9.17, 15) is 0 Å². The van der Waals surface area contributed by atoms with Crippen molar-refractivity contribution in [1.82, 2.24) is 0 Å². The monoisotopic (exact) mass is 243 g/mol. The SMILES string of the molecule is Cc1ccc(Cl)c(NCC(C)(CO)CO)c1. The molecule has 4 heteroatoms. The van der Waals surface area contributed by atoms with Crippen LogP contribution in [0.15, 0.2) is 18.2 Å². The second-order valence-electron chi connectivity index (χ2n) is 4.46. The van der Waals surface area contributed by atoms with Crippen molar-refractivity contribution in [2.24, 2.45) is 5.41 Å².